The van der Waals surface area contributed by atoms with Crippen LogP contribution in [0.25, 0.3) is 11.1 Å². The molecule has 2 nitrogen and oxygen atoms in total. The van der Waals surface area contributed by atoms with Crippen LogP contribution in [-0.2, 0) is 5.41 Å². The van der Waals surface area contributed by atoms with Crippen molar-refractivity contribution in [3.05, 3.63) is 53.6 Å². The SMILES string of the molecule is CCN(C)/C=N/c1ccc(-c2ccc(C(C)(C)C)cc2)cc1C. The Labute approximate surface area is 140 Å². The average Bonchev–Trinajstić information content (AvgIpc) is 2.52. The van der Waals surface area contributed by atoms with Gasteiger partial charge in [-0.3, -0.25) is 0 Å². The van der Waals surface area contributed by atoms with Crippen molar-refractivity contribution in [2.75, 3.05) is 13.6 Å². The summed E-state index contributed by atoms with van der Waals surface area (Å²) in [5.74, 6) is 0. The van der Waals surface area contributed by atoms with E-state index in [0.29, 0.717) is 0 Å². The monoisotopic (exact) mass is 308 g/mol. The highest BCUT2D eigenvalue weighted by molar-refractivity contribution is 5.70. The van der Waals surface area contributed by atoms with Crippen LogP contribution in [0.15, 0.2) is 47.5 Å². The molecule has 23 heavy (non-hydrogen) atoms. The van der Waals surface area contributed by atoms with Crippen molar-refractivity contribution >= 4 is 12.0 Å². The number of benzene rings is 2. The first-order valence-electron chi connectivity index (χ1n) is 8.27. The zero-order valence-electron chi connectivity index (χ0n) is 15.2. The molecule has 2 heteroatoms. The van der Waals surface area contributed by atoms with E-state index in [1.807, 2.05) is 13.4 Å². The van der Waals surface area contributed by atoms with Crippen LogP contribution < -0.4 is 0 Å². The standard InChI is InChI=1S/C21H28N2/c1-7-23(6)15-22-20-13-10-18(14-16(20)2)17-8-11-19(12-9-17)21(3,4)5/h8-15H,7H2,1-6H3/b22-15+. The van der Waals surface area contributed by atoms with Gasteiger partial charge < -0.3 is 4.90 Å². The Morgan fingerprint density at radius 2 is 1.61 bits per heavy atom. The zero-order chi connectivity index (χ0) is 17.0. The molecule has 0 N–H and O–H groups in total. The average molecular weight is 308 g/mol. The van der Waals surface area contributed by atoms with Crippen molar-refractivity contribution in [2.24, 2.45) is 4.99 Å². The molecule has 0 aliphatic heterocycles. The second kappa shape index (κ2) is 6.99. The highest BCUT2D eigenvalue weighted by atomic mass is 15.1. The van der Waals surface area contributed by atoms with Crippen LogP contribution in [0.4, 0.5) is 5.69 Å². The molecule has 0 fully saturated rings. The molecular weight excluding hydrogens is 280 g/mol. The van der Waals surface area contributed by atoms with Gasteiger partial charge in [-0.15, -0.1) is 0 Å². The third kappa shape index (κ3) is 4.44. The van der Waals surface area contributed by atoms with Crippen LogP contribution in [0, 0.1) is 6.92 Å². The largest absolute Gasteiger partial charge is 0.366 e. The smallest absolute Gasteiger partial charge is 0.0909 e. The van der Waals surface area contributed by atoms with Crippen LogP contribution >= 0.6 is 0 Å². The second-order valence-corrected chi connectivity index (χ2v) is 7.15. The predicted molar refractivity (Wildman–Crippen MR) is 102 cm³/mol. The zero-order valence-corrected chi connectivity index (χ0v) is 15.2. The number of rotatable bonds is 4. The summed E-state index contributed by atoms with van der Waals surface area (Å²) in [6.45, 7) is 11.9. The number of hydrogen-bond acceptors (Lipinski definition) is 1. The summed E-state index contributed by atoms with van der Waals surface area (Å²) in [4.78, 5) is 6.63. The third-order valence-electron chi connectivity index (χ3n) is 4.17. The molecular formula is C21H28N2. The van der Waals surface area contributed by atoms with E-state index in [9.17, 15) is 0 Å². The molecule has 0 atom stereocenters. The predicted octanol–water partition coefficient (Wildman–Crippen LogP) is 5.57. The van der Waals surface area contributed by atoms with Gasteiger partial charge in [0.25, 0.3) is 0 Å². The van der Waals surface area contributed by atoms with E-state index in [0.717, 1.165) is 12.2 Å². The minimum Gasteiger partial charge on any atom is -0.366 e. The van der Waals surface area contributed by atoms with E-state index in [2.05, 4.69) is 87.0 Å². The lowest BCUT2D eigenvalue weighted by Crippen LogP contribution is -2.14. The maximum Gasteiger partial charge on any atom is 0.0909 e. The van der Waals surface area contributed by atoms with E-state index >= 15 is 0 Å². The summed E-state index contributed by atoms with van der Waals surface area (Å²) in [6.07, 6.45) is 1.89. The maximum absolute atomic E-state index is 4.56. The fourth-order valence-corrected chi connectivity index (χ4v) is 2.38. The van der Waals surface area contributed by atoms with Gasteiger partial charge >= 0.3 is 0 Å². The quantitative estimate of drug-likeness (QED) is 0.532. The van der Waals surface area contributed by atoms with Gasteiger partial charge in [-0.25, -0.2) is 4.99 Å². The first-order valence-corrected chi connectivity index (χ1v) is 8.27. The van der Waals surface area contributed by atoms with Gasteiger partial charge in [-0.05, 0) is 53.6 Å². The summed E-state index contributed by atoms with van der Waals surface area (Å²) in [5, 5.41) is 0. The number of aryl methyl sites for hydroxylation is 1. The summed E-state index contributed by atoms with van der Waals surface area (Å²) >= 11 is 0. The Hall–Kier alpha value is -2.09. The Bertz CT molecular complexity index is 676. The molecule has 0 spiro atoms. The Morgan fingerprint density at radius 1 is 1.00 bits per heavy atom. The summed E-state index contributed by atoms with van der Waals surface area (Å²) < 4.78 is 0. The van der Waals surface area contributed by atoms with Crippen molar-refractivity contribution in [3.8, 4) is 11.1 Å². The molecule has 0 bridgehead atoms. The highest BCUT2D eigenvalue weighted by Gasteiger charge is 2.13. The molecule has 2 aromatic rings. The van der Waals surface area contributed by atoms with Crippen LogP contribution in [0.3, 0.4) is 0 Å². The van der Waals surface area contributed by atoms with E-state index in [1.165, 1.54) is 22.3 Å². The molecule has 122 valence electrons. The van der Waals surface area contributed by atoms with Gasteiger partial charge in [0.15, 0.2) is 0 Å². The van der Waals surface area contributed by atoms with Crippen molar-refractivity contribution < 1.29 is 0 Å². The van der Waals surface area contributed by atoms with Crippen LogP contribution in [0.5, 0.6) is 0 Å². The topological polar surface area (TPSA) is 15.6 Å². The first kappa shape index (κ1) is 17.3. The molecule has 0 saturated carbocycles. The van der Waals surface area contributed by atoms with Crippen LogP contribution in [-0.4, -0.2) is 24.8 Å². The minimum absolute atomic E-state index is 0.193. The number of aliphatic imine (C=N–C) groups is 1. The van der Waals surface area contributed by atoms with Gasteiger partial charge in [-0.1, -0.05) is 51.1 Å². The van der Waals surface area contributed by atoms with E-state index < -0.39 is 0 Å². The maximum atomic E-state index is 4.56. The van der Waals surface area contributed by atoms with Crippen LogP contribution in [0.1, 0.15) is 38.8 Å². The van der Waals surface area contributed by atoms with E-state index in [-0.39, 0.29) is 5.41 Å². The Kier molecular flexibility index (Phi) is 5.25. The number of hydrogen-bond donors (Lipinski definition) is 0. The van der Waals surface area contributed by atoms with Gasteiger partial charge in [0.2, 0.25) is 0 Å². The van der Waals surface area contributed by atoms with Gasteiger partial charge in [0, 0.05) is 13.6 Å². The van der Waals surface area contributed by atoms with E-state index in [1.54, 1.807) is 0 Å². The molecule has 0 heterocycles. The van der Waals surface area contributed by atoms with Gasteiger partial charge in [0.05, 0.1) is 12.0 Å². The summed E-state index contributed by atoms with van der Waals surface area (Å²) in [5.41, 5.74) is 6.27. The first-order chi connectivity index (χ1) is 10.8. The van der Waals surface area contributed by atoms with Crippen molar-refractivity contribution in [1.82, 2.24) is 4.90 Å². The Morgan fingerprint density at radius 3 is 2.13 bits per heavy atom. The molecule has 0 radical (unpaired) electrons. The summed E-state index contributed by atoms with van der Waals surface area (Å²) in [6, 6.07) is 15.3. The fraction of sp³-hybridized carbons (Fsp3) is 0.381. The van der Waals surface area contributed by atoms with Crippen LogP contribution in [0.2, 0.25) is 0 Å². The lowest BCUT2D eigenvalue weighted by Gasteiger charge is -2.19. The molecule has 2 rings (SSSR count). The van der Waals surface area contributed by atoms with E-state index in [4.69, 9.17) is 0 Å². The highest BCUT2D eigenvalue weighted by Crippen LogP contribution is 2.29. The Balaban J connectivity index is 2.25. The van der Waals surface area contributed by atoms with Crippen molar-refractivity contribution in [2.45, 2.75) is 40.0 Å². The van der Waals surface area contributed by atoms with Gasteiger partial charge in [0.1, 0.15) is 0 Å². The summed E-state index contributed by atoms with van der Waals surface area (Å²) in [7, 11) is 2.03. The molecule has 0 aromatic heterocycles. The molecule has 2 aromatic carbocycles. The molecule has 0 aliphatic carbocycles. The molecule has 0 saturated heterocycles. The lowest BCUT2D eigenvalue weighted by molar-refractivity contribution is 0.552. The third-order valence-corrected chi connectivity index (χ3v) is 4.17. The normalized spacial score (nSPS) is 11.9. The molecule has 0 aliphatic rings. The van der Waals surface area contributed by atoms with Crippen molar-refractivity contribution in [3.63, 3.8) is 0 Å². The minimum atomic E-state index is 0.193. The lowest BCUT2D eigenvalue weighted by atomic mass is 9.86. The van der Waals surface area contributed by atoms with Crippen molar-refractivity contribution in [1.29, 1.82) is 0 Å². The molecule has 0 unspecified atom stereocenters. The number of nitrogens with zero attached hydrogens (tertiary/aromatic N) is 2. The van der Waals surface area contributed by atoms with Gasteiger partial charge in [-0.2, -0.15) is 0 Å². The fourth-order valence-electron chi connectivity index (χ4n) is 2.38. The second-order valence-electron chi connectivity index (χ2n) is 7.15. The molecule has 0 amide bonds.